The number of nitrogens with zero attached hydrogens (tertiary/aromatic N) is 3. The molecule has 4 rings (SSSR count). The number of piperidine rings is 1. The van der Waals surface area contributed by atoms with Crippen molar-refractivity contribution in [3.05, 3.63) is 22.5 Å². The van der Waals surface area contributed by atoms with Crippen LogP contribution in [0.25, 0.3) is 0 Å². The maximum atomic E-state index is 12.9. The summed E-state index contributed by atoms with van der Waals surface area (Å²) in [5.74, 6) is 0.831. The molecule has 0 spiro atoms. The van der Waals surface area contributed by atoms with Crippen molar-refractivity contribution in [3.63, 3.8) is 0 Å². The SMILES string of the molecule is Cc1[nH]c(C(=O)N2CCC(CC(=O)N3CCN(C4CCCCC4)CC3)CC2)c(C)c1C. The summed E-state index contributed by atoms with van der Waals surface area (Å²) in [4.78, 5) is 35.8. The first-order valence-corrected chi connectivity index (χ1v) is 12.4. The number of likely N-dealkylation sites (tertiary alicyclic amines) is 1. The molecule has 3 aliphatic rings. The number of hydrogen-bond donors (Lipinski definition) is 1. The second kappa shape index (κ2) is 9.76. The van der Waals surface area contributed by atoms with Gasteiger partial charge in [0.25, 0.3) is 5.91 Å². The first kappa shape index (κ1) is 22.4. The summed E-state index contributed by atoms with van der Waals surface area (Å²) >= 11 is 0. The Morgan fingerprint density at radius 3 is 2.03 bits per heavy atom. The summed E-state index contributed by atoms with van der Waals surface area (Å²) in [6.45, 7) is 11.5. The van der Waals surface area contributed by atoms with Crippen molar-refractivity contribution >= 4 is 11.8 Å². The average Bonchev–Trinajstić information content (AvgIpc) is 3.07. The summed E-state index contributed by atoms with van der Waals surface area (Å²) in [6, 6.07) is 0.753. The van der Waals surface area contributed by atoms with Crippen LogP contribution in [-0.2, 0) is 4.79 Å². The zero-order valence-corrected chi connectivity index (χ0v) is 19.7. The Balaban J connectivity index is 1.21. The van der Waals surface area contributed by atoms with Crippen LogP contribution in [0.1, 0.15) is 78.7 Å². The van der Waals surface area contributed by atoms with E-state index in [1.54, 1.807) is 0 Å². The topological polar surface area (TPSA) is 59.7 Å². The fourth-order valence-electron chi connectivity index (χ4n) is 5.71. The van der Waals surface area contributed by atoms with Crippen LogP contribution < -0.4 is 0 Å². The number of rotatable bonds is 4. The highest BCUT2D eigenvalue weighted by atomic mass is 16.2. The lowest BCUT2D eigenvalue weighted by Crippen LogP contribution is -2.52. The van der Waals surface area contributed by atoms with Gasteiger partial charge in [0.05, 0.1) is 0 Å². The van der Waals surface area contributed by atoms with Crippen LogP contribution in [0.15, 0.2) is 0 Å². The van der Waals surface area contributed by atoms with E-state index in [-0.39, 0.29) is 5.91 Å². The molecule has 1 aromatic heterocycles. The van der Waals surface area contributed by atoms with E-state index in [2.05, 4.69) is 21.7 Å². The number of aromatic amines is 1. The second-order valence-corrected chi connectivity index (χ2v) is 10.0. The van der Waals surface area contributed by atoms with E-state index in [4.69, 9.17) is 0 Å². The lowest BCUT2D eigenvalue weighted by Gasteiger charge is -2.41. The lowest BCUT2D eigenvalue weighted by atomic mass is 9.92. The number of hydrogen-bond acceptors (Lipinski definition) is 3. The number of H-pyrrole nitrogens is 1. The summed E-state index contributed by atoms with van der Waals surface area (Å²) in [6.07, 6.45) is 9.31. The summed E-state index contributed by atoms with van der Waals surface area (Å²) in [5.41, 5.74) is 4.05. The third-order valence-electron chi connectivity index (χ3n) is 8.15. The second-order valence-electron chi connectivity index (χ2n) is 10.0. The molecule has 6 nitrogen and oxygen atoms in total. The largest absolute Gasteiger partial charge is 0.354 e. The van der Waals surface area contributed by atoms with Gasteiger partial charge in [0.1, 0.15) is 5.69 Å². The Bertz CT molecular complexity index is 780. The van der Waals surface area contributed by atoms with Gasteiger partial charge in [0, 0.05) is 57.4 Å². The molecular weight excluding hydrogens is 388 g/mol. The number of carbonyl (C=O) groups excluding carboxylic acids is 2. The van der Waals surface area contributed by atoms with Gasteiger partial charge in [0.15, 0.2) is 0 Å². The van der Waals surface area contributed by atoms with E-state index in [0.29, 0.717) is 18.2 Å². The van der Waals surface area contributed by atoms with Crippen molar-refractivity contribution in [2.24, 2.45) is 5.92 Å². The standard InChI is InChI=1S/C25H40N4O2/c1-18-19(2)24(26-20(18)3)25(31)29-11-9-21(10-12-29)17-23(30)28-15-13-27(14-16-28)22-7-5-4-6-8-22/h21-22,26H,4-17H2,1-3H3. The molecule has 1 saturated carbocycles. The van der Waals surface area contributed by atoms with Crippen molar-refractivity contribution in [2.45, 2.75) is 78.2 Å². The molecule has 172 valence electrons. The maximum Gasteiger partial charge on any atom is 0.270 e. The highest BCUT2D eigenvalue weighted by Gasteiger charge is 2.30. The van der Waals surface area contributed by atoms with Gasteiger partial charge < -0.3 is 14.8 Å². The van der Waals surface area contributed by atoms with Gasteiger partial charge in [-0.1, -0.05) is 19.3 Å². The third kappa shape index (κ3) is 5.00. The van der Waals surface area contributed by atoms with Crippen LogP contribution in [0.2, 0.25) is 0 Å². The highest BCUT2D eigenvalue weighted by Crippen LogP contribution is 2.26. The van der Waals surface area contributed by atoms with E-state index in [1.165, 1.54) is 37.7 Å². The minimum absolute atomic E-state index is 0.109. The number of carbonyl (C=O) groups is 2. The smallest absolute Gasteiger partial charge is 0.270 e. The third-order valence-corrected chi connectivity index (χ3v) is 8.15. The van der Waals surface area contributed by atoms with E-state index in [0.717, 1.165) is 75.1 Å². The van der Waals surface area contributed by atoms with Gasteiger partial charge in [-0.2, -0.15) is 0 Å². The quantitative estimate of drug-likeness (QED) is 0.796. The molecule has 0 bridgehead atoms. The summed E-state index contributed by atoms with van der Waals surface area (Å²) in [7, 11) is 0. The number of aromatic nitrogens is 1. The Kier molecular flexibility index (Phi) is 7.05. The first-order valence-electron chi connectivity index (χ1n) is 12.4. The minimum atomic E-state index is 0.109. The van der Waals surface area contributed by atoms with Crippen LogP contribution in [0.3, 0.4) is 0 Å². The van der Waals surface area contributed by atoms with Crippen molar-refractivity contribution in [1.82, 2.24) is 19.7 Å². The van der Waals surface area contributed by atoms with Gasteiger partial charge in [-0.25, -0.2) is 0 Å². The molecular formula is C25H40N4O2. The molecule has 0 unspecified atom stereocenters. The summed E-state index contributed by atoms with van der Waals surface area (Å²) in [5, 5.41) is 0. The predicted molar refractivity (Wildman–Crippen MR) is 123 cm³/mol. The van der Waals surface area contributed by atoms with Gasteiger partial charge in [-0.3, -0.25) is 14.5 Å². The van der Waals surface area contributed by atoms with Crippen LogP contribution in [0.5, 0.6) is 0 Å². The normalized spacial score (nSPS) is 22.2. The van der Waals surface area contributed by atoms with Crippen LogP contribution in [0.4, 0.5) is 0 Å². The molecule has 1 aromatic rings. The zero-order chi connectivity index (χ0) is 22.0. The minimum Gasteiger partial charge on any atom is -0.354 e. The molecule has 3 heterocycles. The van der Waals surface area contributed by atoms with Gasteiger partial charge >= 0.3 is 0 Å². The molecule has 0 aromatic carbocycles. The lowest BCUT2D eigenvalue weighted by molar-refractivity contribution is -0.134. The first-order chi connectivity index (χ1) is 14.9. The zero-order valence-electron chi connectivity index (χ0n) is 19.7. The van der Waals surface area contributed by atoms with Crippen molar-refractivity contribution in [1.29, 1.82) is 0 Å². The maximum absolute atomic E-state index is 12.9. The Morgan fingerprint density at radius 2 is 1.45 bits per heavy atom. The van der Waals surface area contributed by atoms with Crippen molar-refractivity contribution < 1.29 is 9.59 Å². The molecule has 0 radical (unpaired) electrons. The van der Waals surface area contributed by atoms with Crippen molar-refractivity contribution in [2.75, 3.05) is 39.3 Å². The van der Waals surface area contributed by atoms with Crippen LogP contribution in [-0.4, -0.2) is 76.8 Å². The van der Waals surface area contributed by atoms with Gasteiger partial charge in [-0.05, 0) is 63.5 Å². The van der Waals surface area contributed by atoms with E-state index in [1.807, 2.05) is 18.7 Å². The number of amides is 2. The fraction of sp³-hybridized carbons (Fsp3) is 0.760. The highest BCUT2D eigenvalue weighted by molar-refractivity contribution is 5.94. The van der Waals surface area contributed by atoms with Crippen LogP contribution in [0, 0.1) is 26.7 Å². The molecule has 6 heteroatoms. The monoisotopic (exact) mass is 428 g/mol. The number of nitrogens with one attached hydrogen (secondary N) is 1. The predicted octanol–water partition coefficient (Wildman–Crippen LogP) is 3.66. The van der Waals surface area contributed by atoms with E-state index < -0.39 is 0 Å². The Hall–Kier alpha value is -1.82. The van der Waals surface area contributed by atoms with Gasteiger partial charge in [0.2, 0.25) is 5.91 Å². The Labute approximate surface area is 187 Å². The molecule has 31 heavy (non-hydrogen) atoms. The molecule has 0 atom stereocenters. The average molecular weight is 429 g/mol. The molecule has 2 saturated heterocycles. The van der Waals surface area contributed by atoms with Crippen LogP contribution >= 0.6 is 0 Å². The van der Waals surface area contributed by atoms with E-state index >= 15 is 0 Å². The van der Waals surface area contributed by atoms with Crippen molar-refractivity contribution in [3.8, 4) is 0 Å². The summed E-state index contributed by atoms with van der Waals surface area (Å²) < 4.78 is 0. The molecule has 1 N–H and O–H groups in total. The molecule has 2 aliphatic heterocycles. The van der Waals surface area contributed by atoms with Gasteiger partial charge in [-0.15, -0.1) is 0 Å². The number of aryl methyl sites for hydroxylation is 1. The molecule has 1 aliphatic carbocycles. The molecule has 2 amide bonds. The fourth-order valence-corrected chi connectivity index (χ4v) is 5.71. The Morgan fingerprint density at radius 1 is 0.806 bits per heavy atom. The molecule has 3 fully saturated rings. The van der Waals surface area contributed by atoms with E-state index in [9.17, 15) is 9.59 Å². The number of piperazine rings is 1.